The van der Waals surface area contributed by atoms with E-state index >= 15 is 0 Å². The van der Waals surface area contributed by atoms with E-state index in [-0.39, 0.29) is 5.75 Å². The van der Waals surface area contributed by atoms with Gasteiger partial charge in [-0.2, -0.15) is 0 Å². The van der Waals surface area contributed by atoms with Crippen LogP contribution in [0, 0.1) is 0 Å². The Morgan fingerprint density at radius 1 is 1.15 bits per heavy atom. The van der Waals surface area contributed by atoms with E-state index in [4.69, 9.17) is 10.2 Å². The van der Waals surface area contributed by atoms with Crippen LogP contribution >= 0.6 is 0 Å². The first kappa shape index (κ1) is 11.9. The van der Waals surface area contributed by atoms with Crippen LogP contribution in [0.5, 0.6) is 5.75 Å². The van der Waals surface area contributed by atoms with Gasteiger partial charge in [0.15, 0.2) is 0 Å². The minimum Gasteiger partial charge on any atom is -0.508 e. The normalized spacial score (nSPS) is 11.4. The fraction of sp³-hybridized carbons (Fsp3) is 0.400. The average Bonchev–Trinajstić information content (AvgIpc) is 2.06. The number of aliphatic hydroxyl groups excluding tert-OH is 1. The number of hydrogen-bond acceptors (Lipinski definition) is 3. The summed E-state index contributed by atoms with van der Waals surface area (Å²) in [5.74, 6) is 0.226. The Morgan fingerprint density at radius 3 is 1.85 bits per heavy atom. The first-order valence-corrected chi connectivity index (χ1v) is 3.99. The number of phenolic OH excluding ortho intramolecular Hbond substituents is 1. The van der Waals surface area contributed by atoms with Crippen LogP contribution in [0.1, 0.15) is 18.6 Å². The third-order valence-corrected chi connectivity index (χ3v) is 1.38. The summed E-state index contributed by atoms with van der Waals surface area (Å²) < 4.78 is 4.25. The molecule has 3 nitrogen and oxygen atoms in total. The highest BCUT2D eigenvalue weighted by molar-refractivity contribution is 5.26. The molecule has 0 aliphatic rings. The smallest absolute Gasteiger partial charge is 0.115 e. The molecule has 0 spiro atoms. The highest BCUT2D eigenvalue weighted by Crippen LogP contribution is 2.15. The van der Waals surface area contributed by atoms with Gasteiger partial charge in [0.1, 0.15) is 5.75 Å². The monoisotopic (exact) mass is 184 g/mol. The van der Waals surface area contributed by atoms with Gasteiger partial charge < -0.3 is 14.9 Å². The van der Waals surface area contributed by atoms with Crippen LogP contribution in [0.2, 0.25) is 0 Å². The van der Waals surface area contributed by atoms with E-state index < -0.39 is 6.10 Å². The Labute approximate surface area is 78.6 Å². The fourth-order valence-corrected chi connectivity index (χ4v) is 0.753. The summed E-state index contributed by atoms with van der Waals surface area (Å²) in [6.07, 6.45) is -0.458. The van der Waals surface area contributed by atoms with Crippen molar-refractivity contribution in [1.29, 1.82) is 0 Å². The molecule has 74 valence electrons. The van der Waals surface area contributed by atoms with Gasteiger partial charge >= 0.3 is 0 Å². The van der Waals surface area contributed by atoms with E-state index in [2.05, 4.69) is 4.74 Å². The van der Waals surface area contributed by atoms with Crippen molar-refractivity contribution in [3.05, 3.63) is 29.8 Å². The van der Waals surface area contributed by atoms with Crippen molar-refractivity contribution in [2.45, 2.75) is 13.0 Å². The zero-order chi connectivity index (χ0) is 10.3. The van der Waals surface area contributed by atoms with Gasteiger partial charge in [-0.25, -0.2) is 0 Å². The highest BCUT2D eigenvalue weighted by atomic mass is 16.4. The van der Waals surface area contributed by atoms with E-state index in [1.807, 2.05) is 0 Å². The van der Waals surface area contributed by atoms with Crippen LogP contribution in [-0.4, -0.2) is 24.4 Å². The lowest BCUT2D eigenvalue weighted by Crippen LogP contribution is -1.88. The van der Waals surface area contributed by atoms with Crippen LogP contribution < -0.4 is 0 Å². The Morgan fingerprint density at radius 2 is 1.54 bits per heavy atom. The van der Waals surface area contributed by atoms with Crippen LogP contribution in [-0.2, 0) is 4.74 Å². The van der Waals surface area contributed by atoms with Crippen LogP contribution in [0.3, 0.4) is 0 Å². The number of rotatable bonds is 1. The van der Waals surface area contributed by atoms with E-state index in [1.54, 1.807) is 45.4 Å². The molecule has 1 aromatic carbocycles. The molecule has 0 saturated carbocycles. The van der Waals surface area contributed by atoms with Gasteiger partial charge in [0.05, 0.1) is 6.10 Å². The average molecular weight is 184 g/mol. The lowest BCUT2D eigenvalue weighted by molar-refractivity contribution is 0.199. The zero-order valence-electron chi connectivity index (χ0n) is 8.19. The number of methoxy groups -OCH3 is 1. The standard InChI is InChI=1S/C8H10O2.C2H6O/c1-6(9)7-2-4-8(10)5-3-7;1-3-2/h2-6,9-10H,1H3;1-2H3. The van der Waals surface area contributed by atoms with Crippen molar-refractivity contribution >= 4 is 0 Å². The maximum Gasteiger partial charge on any atom is 0.115 e. The second-order valence-corrected chi connectivity index (χ2v) is 2.68. The quantitative estimate of drug-likeness (QED) is 0.698. The van der Waals surface area contributed by atoms with E-state index in [9.17, 15) is 0 Å². The van der Waals surface area contributed by atoms with Crippen LogP contribution in [0.15, 0.2) is 24.3 Å². The molecule has 0 amide bonds. The molecule has 0 heterocycles. The molecule has 0 aliphatic heterocycles. The molecule has 0 bridgehead atoms. The lowest BCUT2D eigenvalue weighted by Gasteiger charge is -2.02. The van der Waals surface area contributed by atoms with Gasteiger partial charge in [0.25, 0.3) is 0 Å². The van der Waals surface area contributed by atoms with Crippen molar-refractivity contribution in [3.8, 4) is 5.75 Å². The number of hydrogen-bond donors (Lipinski definition) is 2. The SMILES string of the molecule is CC(O)c1ccc(O)cc1.COC. The molecule has 0 fully saturated rings. The molecule has 2 N–H and O–H groups in total. The predicted octanol–water partition coefficient (Wildman–Crippen LogP) is 1.71. The summed E-state index contributed by atoms with van der Waals surface area (Å²) in [6.45, 7) is 1.69. The Bertz CT molecular complexity index is 216. The summed E-state index contributed by atoms with van der Waals surface area (Å²) in [5.41, 5.74) is 0.817. The first-order valence-electron chi connectivity index (χ1n) is 3.99. The molecular weight excluding hydrogens is 168 g/mol. The van der Waals surface area contributed by atoms with Gasteiger partial charge in [0, 0.05) is 14.2 Å². The van der Waals surface area contributed by atoms with Gasteiger partial charge in [0.2, 0.25) is 0 Å². The number of aromatic hydroxyl groups is 1. The maximum atomic E-state index is 9.03. The topological polar surface area (TPSA) is 49.7 Å². The summed E-state index contributed by atoms with van der Waals surface area (Å²) in [6, 6.07) is 6.50. The molecule has 0 aromatic heterocycles. The first-order chi connectivity index (χ1) is 6.11. The third-order valence-electron chi connectivity index (χ3n) is 1.38. The molecule has 1 atom stereocenters. The molecule has 1 aromatic rings. The molecule has 0 saturated heterocycles. The van der Waals surface area contributed by atoms with Gasteiger partial charge in [-0.3, -0.25) is 0 Å². The van der Waals surface area contributed by atoms with E-state index in [1.165, 1.54) is 0 Å². The van der Waals surface area contributed by atoms with Crippen molar-refractivity contribution < 1.29 is 14.9 Å². The van der Waals surface area contributed by atoms with Crippen molar-refractivity contribution in [2.24, 2.45) is 0 Å². The number of aliphatic hydroxyl groups is 1. The Kier molecular flexibility index (Phi) is 5.93. The fourth-order valence-electron chi connectivity index (χ4n) is 0.753. The van der Waals surface area contributed by atoms with Crippen LogP contribution in [0.25, 0.3) is 0 Å². The molecular formula is C10H16O3. The van der Waals surface area contributed by atoms with Gasteiger partial charge in [-0.05, 0) is 24.6 Å². The lowest BCUT2D eigenvalue weighted by atomic mass is 10.1. The minimum atomic E-state index is -0.458. The molecule has 0 radical (unpaired) electrons. The molecule has 1 unspecified atom stereocenters. The van der Waals surface area contributed by atoms with Gasteiger partial charge in [-0.1, -0.05) is 12.1 Å². The summed E-state index contributed by atoms with van der Waals surface area (Å²) in [7, 11) is 3.25. The van der Waals surface area contributed by atoms with Crippen molar-refractivity contribution in [1.82, 2.24) is 0 Å². The Balaban J connectivity index is 0.000000424. The number of phenols is 1. The van der Waals surface area contributed by atoms with Crippen molar-refractivity contribution in [2.75, 3.05) is 14.2 Å². The number of benzene rings is 1. The largest absolute Gasteiger partial charge is 0.508 e. The molecule has 0 aliphatic carbocycles. The molecule has 13 heavy (non-hydrogen) atoms. The third kappa shape index (κ3) is 5.22. The van der Waals surface area contributed by atoms with Crippen LogP contribution in [0.4, 0.5) is 0 Å². The van der Waals surface area contributed by atoms with E-state index in [0.717, 1.165) is 5.56 Å². The minimum absolute atomic E-state index is 0.226. The summed E-state index contributed by atoms with van der Waals surface area (Å²) in [4.78, 5) is 0. The summed E-state index contributed by atoms with van der Waals surface area (Å²) >= 11 is 0. The van der Waals surface area contributed by atoms with E-state index in [0.29, 0.717) is 0 Å². The van der Waals surface area contributed by atoms with Gasteiger partial charge in [-0.15, -0.1) is 0 Å². The molecule has 3 heteroatoms. The maximum absolute atomic E-state index is 9.03. The Hall–Kier alpha value is -1.06. The predicted molar refractivity (Wildman–Crippen MR) is 51.7 cm³/mol. The second kappa shape index (κ2) is 6.46. The van der Waals surface area contributed by atoms with Crippen molar-refractivity contribution in [3.63, 3.8) is 0 Å². The zero-order valence-corrected chi connectivity index (χ0v) is 8.19. The number of ether oxygens (including phenoxy) is 1. The second-order valence-electron chi connectivity index (χ2n) is 2.68. The molecule has 1 rings (SSSR count). The highest BCUT2D eigenvalue weighted by Gasteiger charge is 1.97. The summed E-state index contributed by atoms with van der Waals surface area (Å²) in [5, 5.41) is 17.9.